The van der Waals surface area contributed by atoms with E-state index in [2.05, 4.69) is 0 Å². The van der Waals surface area contributed by atoms with Crippen molar-refractivity contribution in [1.82, 2.24) is 4.57 Å². The molecule has 0 spiro atoms. The van der Waals surface area contributed by atoms with Crippen molar-refractivity contribution in [2.75, 3.05) is 0 Å². The molecule has 5 rings (SSSR count). The van der Waals surface area contributed by atoms with Crippen LogP contribution in [0.5, 0.6) is 0 Å². The molecule has 154 valence electrons. The molecule has 0 amide bonds. The Morgan fingerprint density at radius 3 is 1.41 bits per heavy atom. The van der Waals surface area contributed by atoms with Gasteiger partial charge in [-0.2, -0.15) is 0 Å². The molecule has 0 atom stereocenters. The molecule has 1 aromatic heterocycles. The number of fused-ring (bicyclic) bond motifs is 3. The van der Waals surface area contributed by atoms with Crippen molar-refractivity contribution in [2.24, 2.45) is 0 Å². The third kappa shape index (κ3) is 3.15. The molecular formula is C26H16N2O4. The third-order valence-electron chi connectivity index (χ3n) is 5.55. The molecule has 0 radical (unpaired) electrons. The zero-order valence-electron chi connectivity index (χ0n) is 16.8. The first-order chi connectivity index (χ1) is 15.5. The number of hydrogen-bond acceptors (Lipinski definition) is 4. The lowest BCUT2D eigenvalue weighted by Crippen LogP contribution is -2.28. The Bertz CT molecular complexity index is 1550. The van der Waals surface area contributed by atoms with Gasteiger partial charge in [0.05, 0.1) is 10.6 Å². The van der Waals surface area contributed by atoms with Crippen LogP contribution in [0, 0.1) is 10.1 Å². The van der Waals surface area contributed by atoms with Crippen LogP contribution in [-0.2, 0) is 0 Å². The van der Waals surface area contributed by atoms with Crippen molar-refractivity contribution in [3.8, 4) is 16.8 Å². The first-order valence-electron chi connectivity index (χ1n) is 9.97. The lowest BCUT2D eigenvalue weighted by Gasteiger charge is -2.06. The molecule has 0 unspecified atom stereocenters. The standard InChI is InChI=1S/C26H16N2O4/c29-25-23-7-3-1-5-21(23)22-6-2-4-8-24(22)26(30)27(25)19-13-9-17(10-14-19)18-11-15-20(16-12-18)28(31)32/h1-16H. The van der Waals surface area contributed by atoms with E-state index in [9.17, 15) is 19.7 Å². The molecule has 0 N–H and O–H groups in total. The largest absolute Gasteiger partial charge is 0.269 e. The Balaban J connectivity index is 1.72. The fourth-order valence-electron chi connectivity index (χ4n) is 3.96. The zero-order chi connectivity index (χ0) is 22.2. The average Bonchev–Trinajstić information content (AvgIpc) is 2.93. The second kappa shape index (κ2) is 7.59. The molecule has 0 fully saturated rings. The van der Waals surface area contributed by atoms with E-state index in [1.807, 2.05) is 24.3 Å². The molecule has 5 aromatic rings. The molecular weight excluding hydrogens is 404 g/mol. The van der Waals surface area contributed by atoms with Gasteiger partial charge >= 0.3 is 0 Å². The molecule has 0 aliphatic rings. The monoisotopic (exact) mass is 420 g/mol. The highest BCUT2D eigenvalue weighted by molar-refractivity contribution is 6.05. The van der Waals surface area contributed by atoms with Gasteiger partial charge < -0.3 is 0 Å². The van der Waals surface area contributed by atoms with Crippen LogP contribution < -0.4 is 11.1 Å². The Labute approximate surface area is 181 Å². The van der Waals surface area contributed by atoms with Gasteiger partial charge in [-0.15, -0.1) is 0 Å². The van der Waals surface area contributed by atoms with Gasteiger partial charge in [0.15, 0.2) is 0 Å². The lowest BCUT2D eigenvalue weighted by molar-refractivity contribution is -0.384. The van der Waals surface area contributed by atoms with Gasteiger partial charge in [0.25, 0.3) is 16.8 Å². The molecule has 0 aliphatic carbocycles. The molecule has 6 heteroatoms. The number of benzene rings is 4. The van der Waals surface area contributed by atoms with Gasteiger partial charge in [0.2, 0.25) is 0 Å². The topological polar surface area (TPSA) is 82.2 Å². The smallest absolute Gasteiger partial charge is 0.268 e. The molecule has 4 aromatic carbocycles. The van der Waals surface area contributed by atoms with Crippen LogP contribution in [0.3, 0.4) is 0 Å². The van der Waals surface area contributed by atoms with E-state index in [0.29, 0.717) is 16.5 Å². The van der Waals surface area contributed by atoms with E-state index >= 15 is 0 Å². The van der Waals surface area contributed by atoms with Crippen molar-refractivity contribution >= 4 is 27.2 Å². The van der Waals surface area contributed by atoms with E-state index in [0.717, 1.165) is 21.9 Å². The van der Waals surface area contributed by atoms with Gasteiger partial charge in [0, 0.05) is 22.9 Å². The molecule has 32 heavy (non-hydrogen) atoms. The lowest BCUT2D eigenvalue weighted by atomic mass is 10.1. The van der Waals surface area contributed by atoms with Crippen molar-refractivity contribution in [3.05, 3.63) is 128 Å². The third-order valence-corrected chi connectivity index (χ3v) is 5.55. The molecule has 6 nitrogen and oxygen atoms in total. The normalized spacial score (nSPS) is 11.0. The van der Waals surface area contributed by atoms with Crippen LogP contribution in [0.1, 0.15) is 0 Å². The summed E-state index contributed by atoms with van der Waals surface area (Å²) in [6.45, 7) is 0. The summed E-state index contributed by atoms with van der Waals surface area (Å²) in [7, 11) is 0. The Hall–Kier alpha value is -4.58. The number of non-ortho nitro benzene ring substituents is 1. The summed E-state index contributed by atoms with van der Waals surface area (Å²) in [6, 6.07) is 27.6. The molecule has 0 saturated heterocycles. The van der Waals surface area contributed by atoms with Crippen molar-refractivity contribution < 1.29 is 4.92 Å². The van der Waals surface area contributed by atoms with Crippen molar-refractivity contribution in [3.63, 3.8) is 0 Å². The summed E-state index contributed by atoms with van der Waals surface area (Å²) in [5.74, 6) is 0. The minimum Gasteiger partial charge on any atom is -0.268 e. The summed E-state index contributed by atoms with van der Waals surface area (Å²) < 4.78 is 1.20. The maximum Gasteiger partial charge on any atom is 0.269 e. The summed E-state index contributed by atoms with van der Waals surface area (Å²) in [4.78, 5) is 37.3. The summed E-state index contributed by atoms with van der Waals surface area (Å²) in [6.07, 6.45) is 0. The molecule has 0 bridgehead atoms. The van der Waals surface area contributed by atoms with Crippen LogP contribution in [0.2, 0.25) is 0 Å². The van der Waals surface area contributed by atoms with Gasteiger partial charge in [-0.1, -0.05) is 48.5 Å². The highest BCUT2D eigenvalue weighted by atomic mass is 16.6. The van der Waals surface area contributed by atoms with E-state index < -0.39 is 4.92 Å². The number of nitro groups is 1. The van der Waals surface area contributed by atoms with Crippen LogP contribution in [0.15, 0.2) is 107 Å². The van der Waals surface area contributed by atoms with Crippen LogP contribution in [0.25, 0.3) is 38.4 Å². The van der Waals surface area contributed by atoms with Crippen molar-refractivity contribution in [2.45, 2.75) is 0 Å². The maximum atomic E-state index is 13.4. The fourth-order valence-corrected chi connectivity index (χ4v) is 3.96. The quantitative estimate of drug-likeness (QED) is 0.301. The van der Waals surface area contributed by atoms with Crippen LogP contribution in [-0.4, -0.2) is 9.49 Å². The highest BCUT2D eigenvalue weighted by Crippen LogP contribution is 2.24. The predicted molar refractivity (Wildman–Crippen MR) is 125 cm³/mol. The first kappa shape index (κ1) is 19.4. The summed E-state index contributed by atoms with van der Waals surface area (Å²) in [5, 5.41) is 13.3. The molecule has 0 aliphatic heterocycles. The zero-order valence-corrected chi connectivity index (χ0v) is 16.8. The SMILES string of the molecule is O=c1c2ccccc2c2ccccc2c(=O)n1-c1ccc(-c2ccc([N+](=O)[O-])cc2)cc1. The number of aromatic nitrogens is 1. The molecule has 0 saturated carbocycles. The van der Waals surface area contributed by atoms with E-state index in [1.54, 1.807) is 60.7 Å². The average molecular weight is 420 g/mol. The van der Waals surface area contributed by atoms with Gasteiger partial charge in [-0.05, 0) is 58.3 Å². The van der Waals surface area contributed by atoms with Crippen LogP contribution >= 0.6 is 0 Å². The Kier molecular flexibility index (Phi) is 4.60. The van der Waals surface area contributed by atoms with Gasteiger partial charge in [-0.3, -0.25) is 19.7 Å². The number of hydrogen-bond donors (Lipinski definition) is 0. The highest BCUT2D eigenvalue weighted by Gasteiger charge is 2.12. The van der Waals surface area contributed by atoms with Crippen molar-refractivity contribution in [1.29, 1.82) is 0 Å². The summed E-state index contributed by atoms with van der Waals surface area (Å²) >= 11 is 0. The number of nitro benzene ring substituents is 1. The maximum absolute atomic E-state index is 13.4. The fraction of sp³-hybridized carbons (Fsp3) is 0. The Morgan fingerprint density at radius 1 is 0.562 bits per heavy atom. The second-order valence-corrected chi connectivity index (χ2v) is 7.39. The first-order valence-corrected chi connectivity index (χ1v) is 9.97. The predicted octanol–water partition coefficient (Wildman–Crippen LogP) is 5.08. The van der Waals surface area contributed by atoms with Gasteiger partial charge in [-0.25, -0.2) is 4.57 Å². The van der Waals surface area contributed by atoms with E-state index in [4.69, 9.17) is 0 Å². The summed E-state index contributed by atoms with van der Waals surface area (Å²) in [5.41, 5.74) is 1.32. The van der Waals surface area contributed by atoms with Gasteiger partial charge in [0.1, 0.15) is 0 Å². The number of nitrogens with zero attached hydrogens (tertiary/aromatic N) is 2. The Morgan fingerprint density at radius 2 is 0.969 bits per heavy atom. The van der Waals surface area contributed by atoms with Crippen LogP contribution in [0.4, 0.5) is 5.69 Å². The molecule has 1 heterocycles. The van der Waals surface area contributed by atoms with E-state index in [-0.39, 0.29) is 16.8 Å². The number of rotatable bonds is 3. The minimum absolute atomic E-state index is 0.0171. The van der Waals surface area contributed by atoms with E-state index in [1.165, 1.54) is 16.7 Å². The minimum atomic E-state index is -0.445. The second-order valence-electron chi connectivity index (χ2n) is 7.39.